The van der Waals surface area contributed by atoms with Gasteiger partial charge in [0.05, 0.1) is 24.1 Å². The van der Waals surface area contributed by atoms with Gasteiger partial charge in [-0.1, -0.05) is 49.4 Å². The van der Waals surface area contributed by atoms with Gasteiger partial charge in [-0.15, -0.1) is 0 Å². The molecule has 1 amide bonds. The van der Waals surface area contributed by atoms with Crippen LogP contribution in [0, 0.1) is 0 Å². The summed E-state index contributed by atoms with van der Waals surface area (Å²) in [5.41, 5.74) is 4.52. The van der Waals surface area contributed by atoms with Crippen molar-refractivity contribution >= 4 is 22.6 Å². The summed E-state index contributed by atoms with van der Waals surface area (Å²) in [5, 5.41) is 0. The van der Waals surface area contributed by atoms with E-state index in [1.165, 1.54) is 11.3 Å². The molecule has 0 saturated carbocycles. The topological polar surface area (TPSA) is 57.5 Å². The van der Waals surface area contributed by atoms with Crippen LogP contribution in [0.2, 0.25) is 0 Å². The van der Waals surface area contributed by atoms with Crippen LogP contribution in [-0.2, 0) is 17.9 Å². The van der Waals surface area contributed by atoms with E-state index in [9.17, 15) is 4.79 Å². The van der Waals surface area contributed by atoms with Crippen molar-refractivity contribution in [1.29, 1.82) is 0 Å². The van der Waals surface area contributed by atoms with Crippen molar-refractivity contribution < 1.29 is 4.79 Å². The van der Waals surface area contributed by atoms with E-state index in [-0.39, 0.29) is 5.91 Å². The Morgan fingerprint density at radius 3 is 2.37 bits per heavy atom. The lowest BCUT2D eigenvalue weighted by Gasteiger charge is -2.37. The Morgan fingerprint density at radius 2 is 1.63 bits per heavy atom. The minimum atomic E-state index is 0.187. The number of carbonyl (C=O) groups excluding carboxylic acids is 1. The van der Waals surface area contributed by atoms with Crippen molar-refractivity contribution in [3.8, 4) is 0 Å². The second-order valence-corrected chi connectivity index (χ2v) is 8.97. The van der Waals surface area contributed by atoms with Crippen molar-refractivity contribution in [3.05, 3.63) is 90.5 Å². The molecule has 0 N–H and O–H groups in total. The lowest BCUT2D eigenvalue weighted by Crippen LogP contribution is -2.51. The van der Waals surface area contributed by atoms with Crippen LogP contribution in [0.25, 0.3) is 11.0 Å². The number of hydrogen-bond donors (Lipinski definition) is 0. The van der Waals surface area contributed by atoms with Crippen LogP contribution in [-0.4, -0.2) is 69.5 Å². The molecule has 2 aromatic heterocycles. The third-order valence-corrected chi connectivity index (χ3v) is 6.75. The highest BCUT2D eigenvalue weighted by atomic mass is 16.2. The molecule has 0 spiro atoms. The quantitative estimate of drug-likeness (QED) is 0.395. The van der Waals surface area contributed by atoms with Crippen molar-refractivity contribution in [2.45, 2.75) is 20.0 Å². The first kappa shape index (κ1) is 23.1. The second-order valence-electron chi connectivity index (χ2n) is 8.97. The third-order valence-electron chi connectivity index (χ3n) is 6.75. The van der Waals surface area contributed by atoms with Gasteiger partial charge in [-0.05, 0) is 36.4 Å². The highest BCUT2D eigenvalue weighted by Gasteiger charge is 2.23. The number of piperazine rings is 1. The van der Waals surface area contributed by atoms with Gasteiger partial charge in [0.2, 0.25) is 5.91 Å². The van der Waals surface area contributed by atoms with Crippen molar-refractivity contribution in [2.24, 2.45) is 0 Å². The molecule has 1 aliphatic rings. The summed E-state index contributed by atoms with van der Waals surface area (Å²) in [6.45, 7) is 7.87. The van der Waals surface area contributed by atoms with Crippen LogP contribution in [0.3, 0.4) is 0 Å². The molecule has 2 aromatic carbocycles. The van der Waals surface area contributed by atoms with E-state index in [4.69, 9.17) is 4.98 Å². The van der Waals surface area contributed by atoms with Crippen LogP contribution in [0.4, 0.5) is 5.69 Å². The molecule has 7 heteroatoms. The lowest BCUT2D eigenvalue weighted by molar-refractivity contribution is -0.132. The van der Waals surface area contributed by atoms with Gasteiger partial charge in [0, 0.05) is 50.8 Å². The summed E-state index contributed by atoms with van der Waals surface area (Å²) >= 11 is 0. The summed E-state index contributed by atoms with van der Waals surface area (Å²) in [4.78, 5) is 28.7. The number of benzene rings is 2. The van der Waals surface area contributed by atoms with E-state index in [1.54, 1.807) is 0 Å². The number of anilines is 1. The van der Waals surface area contributed by atoms with Gasteiger partial charge < -0.3 is 14.4 Å². The van der Waals surface area contributed by atoms with E-state index < -0.39 is 0 Å². The maximum atomic E-state index is 13.2. The Bertz CT molecular complexity index is 1250. The Labute approximate surface area is 206 Å². The molecule has 0 radical (unpaired) electrons. The number of fused-ring (bicyclic) bond motifs is 1. The molecule has 0 bridgehead atoms. The molecule has 1 fully saturated rings. The molecule has 0 aliphatic carbocycles. The first-order chi connectivity index (χ1) is 17.2. The number of hydrogen-bond acceptors (Lipinski definition) is 5. The largest absolute Gasteiger partial charge is 0.368 e. The summed E-state index contributed by atoms with van der Waals surface area (Å²) < 4.78 is 2.28. The first-order valence-electron chi connectivity index (χ1n) is 12.3. The standard InChI is InChI=1S/C28H32N6O/c1-2-31(22-28(35)33-18-16-32(17-19-33)24-12-14-29-15-13-24)21-27-30-25-10-6-7-11-26(25)34(27)20-23-8-4-3-5-9-23/h3-15H,2,16-22H2,1H3. The van der Waals surface area contributed by atoms with Crippen molar-refractivity contribution in [3.63, 3.8) is 0 Å². The lowest BCUT2D eigenvalue weighted by atomic mass is 10.2. The van der Waals surface area contributed by atoms with Crippen LogP contribution >= 0.6 is 0 Å². The van der Waals surface area contributed by atoms with E-state index >= 15 is 0 Å². The third kappa shape index (κ3) is 5.35. The van der Waals surface area contributed by atoms with Gasteiger partial charge in [-0.25, -0.2) is 4.98 Å². The SMILES string of the molecule is CCN(CC(=O)N1CCN(c2ccncc2)CC1)Cc1nc2ccccc2n1Cc1ccccc1. The molecule has 1 aliphatic heterocycles. The average molecular weight is 469 g/mol. The zero-order chi connectivity index (χ0) is 24.0. The summed E-state index contributed by atoms with van der Waals surface area (Å²) in [6.07, 6.45) is 3.63. The summed E-state index contributed by atoms with van der Waals surface area (Å²) in [6, 6.07) is 22.8. The number of aromatic nitrogens is 3. The van der Waals surface area contributed by atoms with Gasteiger partial charge in [-0.3, -0.25) is 14.7 Å². The van der Waals surface area contributed by atoms with Crippen LogP contribution in [0.15, 0.2) is 79.1 Å². The molecule has 3 heterocycles. The highest BCUT2D eigenvalue weighted by Crippen LogP contribution is 2.20. The number of pyridine rings is 1. The molecule has 0 atom stereocenters. The second kappa shape index (κ2) is 10.7. The Balaban J connectivity index is 1.26. The minimum absolute atomic E-state index is 0.187. The number of para-hydroxylation sites is 2. The molecule has 0 unspecified atom stereocenters. The first-order valence-corrected chi connectivity index (χ1v) is 12.3. The van der Waals surface area contributed by atoms with Crippen LogP contribution in [0.5, 0.6) is 0 Å². The minimum Gasteiger partial charge on any atom is -0.368 e. The van der Waals surface area contributed by atoms with Crippen LogP contribution in [0.1, 0.15) is 18.3 Å². The normalized spacial score (nSPS) is 14.1. The molecular weight excluding hydrogens is 436 g/mol. The Hall–Kier alpha value is -3.71. The molecular formula is C28H32N6O. The van der Waals surface area contributed by atoms with Gasteiger partial charge >= 0.3 is 0 Å². The molecule has 35 heavy (non-hydrogen) atoms. The van der Waals surface area contributed by atoms with Crippen molar-refractivity contribution in [1.82, 2.24) is 24.3 Å². The number of carbonyl (C=O) groups is 1. The predicted octanol–water partition coefficient (Wildman–Crippen LogP) is 3.65. The van der Waals surface area contributed by atoms with Gasteiger partial charge in [0.1, 0.15) is 5.82 Å². The fraction of sp³-hybridized carbons (Fsp3) is 0.321. The average Bonchev–Trinajstić information content (AvgIpc) is 3.26. The number of likely N-dealkylation sites (N-methyl/N-ethyl adjacent to an activating group) is 1. The predicted molar refractivity (Wildman–Crippen MR) is 139 cm³/mol. The van der Waals surface area contributed by atoms with Crippen molar-refractivity contribution in [2.75, 3.05) is 44.2 Å². The number of amides is 1. The van der Waals surface area contributed by atoms with E-state index in [1.807, 2.05) is 41.6 Å². The summed E-state index contributed by atoms with van der Waals surface area (Å²) in [7, 11) is 0. The molecule has 4 aromatic rings. The Morgan fingerprint density at radius 1 is 0.914 bits per heavy atom. The number of imidazole rings is 1. The fourth-order valence-electron chi connectivity index (χ4n) is 4.73. The van der Waals surface area contributed by atoms with E-state index in [0.717, 1.165) is 56.1 Å². The monoisotopic (exact) mass is 468 g/mol. The maximum Gasteiger partial charge on any atom is 0.236 e. The molecule has 7 nitrogen and oxygen atoms in total. The fourth-order valence-corrected chi connectivity index (χ4v) is 4.73. The zero-order valence-electron chi connectivity index (χ0n) is 20.3. The van der Waals surface area contributed by atoms with Gasteiger partial charge in [0.15, 0.2) is 0 Å². The van der Waals surface area contributed by atoms with E-state index in [2.05, 4.69) is 68.7 Å². The molecule has 1 saturated heterocycles. The smallest absolute Gasteiger partial charge is 0.236 e. The number of nitrogens with zero attached hydrogens (tertiary/aromatic N) is 6. The maximum absolute atomic E-state index is 13.2. The van der Waals surface area contributed by atoms with Gasteiger partial charge in [0.25, 0.3) is 0 Å². The number of rotatable bonds is 8. The van der Waals surface area contributed by atoms with Gasteiger partial charge in [-0.2, -0.15) is 0 Å². The zero-order valence-corrected chi connectivity index (χ0v) is 20.3. The highest BCUT2D eigenvalue weighted by molar-refractivity contribution is 5.79. The molecule has 5 rings (SSSR count). The summed E-state index contributed by atoms with van der Waals surface area (Å²) in [5.74, 6) is 1.18. The Kier molecular flexibility index (Phi) is 7.04. The van der Waals surface area contributed by atoms with E-state index in [0.29, 0.717) is 13.1 Å². The van der Waals surface area contributed by atoms with Crippen LogP contribution < -0.4 is 4.90 Å². The molecule has 180 valence electrons.